The lowest BCUT2D eigenvalue weighted by atomic mass is 10.1. The van der Waals surface area contributed by atoms with Crippen LogP contribution in [-0.4, -0.2) is 34.8 Å². The predicted molar refractivity (Wildman–Crippen MR) is 137 cm³/mol. The van der Waals surface area contributed by atoms with Crippen molar-refractivity contribution in [1.82, 2.24) is 4.57 Å². The Labute approximate surface area is 199 Å². The third-order valence-corrected chi connectivity index (χ3v) is 7.10. The van der Waals surface area contributed by atoms with Crippen LogP contribution in [0.4, 0.5) is 11.4 Å². The summed E-state index contributed by atoms with van der Waals surface area (Å²) in [6.07, 6.45) is 6.11. The van der Waals surface area contributed by atoms with Gasteiger partial charge in [-0.3, -0.25) is 4.79 Å². The van der Waals surface area contributed by atoms with E-state index in [4.69, 9.17) is 0 Å². The van der Waals surface area contributed by atoms with Crippen molar-refractivity contribution in [3.05, 3.63) is 90.1 Å². The Morgan fingerprint density at radius 2 is 1.59 bits per heavy atom. The number of anilines is 2. The van der Waals surface area contributed by atoms with E-state index in [-0.39, 0.29) is 12.0 Å². The van der Waals surface area contributed by atoms with Gasteiger partial charge in [-0.05, 0) is 91.8 Å². The van der Waals surface area contributed by atoms with Crippen LogP contribution in [-0.2, 0) is 0 Å². The number of fused-ring (bicyclic) bond motifs is 1. The van der Waals surface area contributed by atoms with E-state index in [9.17, 15) is 9.90 Å². The Bertz CT molecular complexity index is 1320. The minimum absolute atomic E-state index is 0.101. The number of aliphatic hydroxyl groups excluding tert-OH is 1. The molecule has 0 unspecified atom stereocenters. The van der Waals surface area contributed by atoms with Gasteiger partial charge in [0.25, 0.3) is 5.91 Å². The van der Waals surface area contributed by atoms with E-state index in [1.807, 2.05) is 36.4 Å². The number of aliphatic hydroxyl groups is 1. The maximum atomic E-state index is 13.0. The average molecular weight is 452 g/mol. The fourth-order valence-electron chi connectivity index (χ4n) is 5.01. The second-order valence-corrected chi connectivity index (χ2v) is 9.52. The molecule has 172 valence electrons. The lowest BCUT2D eigenvalue weighted by molar-refractivity contribution is 0.102. The third kappa shape index (κ3) is 4.08. The molecule has 0 spiro atoms. The number of aromatic nitrogens is 1. The van der Waals surface area contributed by atoms with Gasteiger partial charge in [-0.15, -0.1) is 0 Å². The van der Waals surface area contributed by atoms with Crippen LogP contribution in [0.3, 0.4) is 0 Å². The number of hydrogen-bond acceptors (Lipinski definition) is 3. The highest BCUT2D eigenvalue weighted by molar-refractivity contribution is 6.05. The van der Waals surface area contributed by atoms with Crippen molar-refractivity contribution in [3.63, 3.8) is 0 Å². The normalized spacial score (nSPS) is 16.7. The van der Waals surface area contributed by atoms with Crippen LogP contribution in [0, 0.1) is 0 Å². The van der Waals surface area contributed by atoms with Crippen molar-refractivity contribution < 1.29 is 9.90 Å². The van der Waals surface area contributed by atoms with Crippen LogP contribution in [0.2, 0.25) is 0 Å². The monoisotopic (exact) mass is 451 g/mol. The number of carbonyl (C=O) groups is 1. The first-order valence-corrected chi connectivity index (χ1v) is 12.2. The zero-order chi connectivity index (χ0) is 23.1. The molecule has 6 rings (SSSR count). The molecule has 2 fully saturated rings. The molecule has 4 aromatic rings. The predicted octanol–water partition coefficient (Wildman–Crippen LogP) is 5.72. The molecule has 2 aliphatic rings. The summed E-state index contributed by atoms with van der Waals surface area (Å²) in [7, 11) is 0. The topological polar surface area (TPSA) is 57.5 Å². The van der Waals surface area contributed by atoms with E-state index in [0.29, 0.717) is 11.5 Å². The fraction of sp³-hybridized carbons (Fsp3) is 0.276. The van der Waals surface area contributed by atoms with Crippen molar-refractivity contribution in [2.24, 2.45) is 0 Å². The molecule has 1 amide bonds. The van der Waals surface area contributed by atoms with Gasteiger partial charge in [-0.25, -0.2) is 0 Å². The quantitative estimate of drug-likeness (QED) is 0.408. The van der Waals surface area contributed by atoms with Gasteiger partial charge in [0.2, 0.25) is 0 Å². The second-order valence-electron chi connectivity index (χ2n) is 9.52. The van der Waals surface area contributed by atoms with E-state index >= 15 is 0 Å². The molecule has 5 heteroatoms. The molecule has 0 atom stereocenters. The number of hydrogen-bond donors (Lipinski definition) is 2. The summed E-state index contributed by atoms with van der Waals surface area (Å²) in [4.78, 5) is 15.2. The summed E-state index contributed by atoms with van der Waals surface area (Å²) in [5, 5.41) is 14.0. The lowest BCUT2D eigenvalue weighted by Gasteiger charge is -2.31. The first-order valence-electron chi connectivity index (χ1n) is 12.2. The summed E-state index contributed by atoms with van der Waals surface area (Å²) in [6, 6.07) is 24.4. The molecule has 5 nitrogen and oxygen atoms in total. The molecule has 2 N–H and O–H groups in total. The van der Waals surface area contributed by atoms with Crippen LogP contribution in [0.15, 0.2) is 79.0 Å². The number of para-hydroxylation sites is 1. The van der Waals surface area contributed by atoms with Gasteiger partial charge < -0.3 is 19.9 Å². The zero-order valence-corrected chi connectivity index (χ0v) is 19.2. The lowest BCUT2D eigenvalue weighted by Crippen LogP contribution is -2.35. The zero-order valence-electron chi connectivity index (χ0n) is 19.2. The molecule has 1 saturated heterocycles. The van der Waals surface area contributed by atoms with Gasteiger partial charge in [0, 0.05) is 47.3 Å². The minimum Gasteiger partial charge on any atom is -0.393 e. The highest BCUT2D eigenvalue weighted by Gasteiger charge is 2.27. The largest absolute Gasteiger partial charge is 0.393 e. The summed E-state index contributed by atoms with van der Waals surface area (Å²) in [5.41, 5.74) is 6.25. The van der Waals surface area contributed by atoms with Crippen molar-refractivity contribution in [2.75, 3.05) is 23.3 Å². The number of carbonyl (C=O) groups excluding carboxylic acids is 1. The molecule has 34 heavy (non-hydrogen) atoms. The van der Waals surface area contributed by atoms with E-state index in [1.165, 1.54) is 29.3 Å². The first-order chi connectivity index (χ1) is 16.7. The van der Waals surface area contributed by atoms with E-state index in [0.717, 1.165) is 43.0 Å². The van der Waals surface area contributed by atoms with Crippen molar-refractivity contribution in [3.8, 4) is 5.69 Å². The first kappa shape index (κ1) is 21.0. The molecular weight excluding hydrogens is 422 g/mol. The second kappa shape index (κ2) is 8.65. The van der Waals surface area contributed by atoms with Gasteiger partial charge in [-0.1, -0.05) is 18.2 Å². The number of benzene rings is 3. The van der Waals surface area contributed by atoms with Crippen LogP contribution in [0.5, 0.6) is 0 Å². The molecule has 1 saturated carbocycles. The highest BCUT2D eigenvalue weighted by atomic mass is 16.3. The average Bonchev–Trinajstić information content (AvgIpc) is 3.65. The summed E-state index contributed by atoms with van der Waals surface area (Å²) in [5.74, 6) is 0.511. The molecule has 0 radical (unpaired) electrons. The number of piperidine rings is 1. The number of amides is 1. The van der Waals surface area contributed by atoms with E-state index in [1.54, 1.807) is 0 Å². The van der Waals surface area contributed by atoms with Gasteiger partial charge in [0.05, 0.1) is 11.6 Å². The number of nitrogens with one attached hydrogen (secondary N) is 1. The van der Waals surface area contributed by atoms with Crippen LogP contribution in [0.25, 0.3) is 16.6 Å². The highest BCUT2D eigenvalue weighted by Crippen LogP contribution is 2.45. The Morgan fingerprint density at radius 1 is 0.853 bits per heavy atom. The van der Waals surface area contributed by atoms with Gasteiger partial charge in [0.1, 0.15) is 0 Å². The molecule has 0 bridgehead atoms. The molecule has 1 aromatic heterocycles. The van der Waals surface area contributed by atoms with Crippen LogP contribution in [0.1, 0.15) is 47.5 Å². The molecule has 1 aliphatic heterocycles. The molecule has 1 aliphatic carbocycles. The number of rotatable bonds is 5. The van der Waals surface area contributed by atoms with Crippen molar-refractivity contribution >= 4 is 28.2 Å². The summed E-state index contributed by atoms with van der Waals surface area (Å²) >= 11 is 0. The SMILES string of the molecule is O=C(Nc1ccc2c(c1)c(C1CC1)cn2-c1ccccc1)c1ccc(N2CCC(O)CC2)cc1. The van der Waals surface area contributed by atoms with Crippen LogP contribution >= 0.6 is 0 Å². The summed E-state index contributed by atoms with van der Waals surface area (Å²) in [6.45, 7) is 1.69. The van der Waals surface area contributed by atoms with Crippen molar-refractivity contribution in [1.29, 1.82) is 0 Å². The molecule has 3 aromatic carbocycles. The molecule has 2 heterocycles. The van der Waals surface area contributed by atoms with Crippen LogP contribution < -0.4 is 10.2 Å². The van der Waals surface area contributed by atoms with Crippen molar-refractivity contribution in [2.45, 2.75) is 37.7 Å². The standard InChI is InChI=1S/C29H29N3O2/c33-25-14-16-31(17-15-25)23-11-8-21(9-12-23)29(34)30-22-10-13-28-26(18-22)27(20-6-7-20)19-32(28)24-4-2-1-3-5-24/h1-5,8-13,18-20,25,33H,6-7,14-17H2,(H,30,34). The summed E-state index contributed by atoms with van der Waals surface area (Å²) < 4.78 is 2.26. The molecular formula is C29H29N3O2. The smallest absolute Gasteiger partial charge is 0.255 e. The third-order valence-electron chi connectivity index (χ3n) is 7.10. The Morgan fingerprint density at radius 3 is 2.29 bits per heavy atom. The minimum atomic E-state index is -0.191. The Balaban J connectivity index is 1.23. The Kier molecular flexibility index (Phi) is 5.34. The van der Waals surface area contributed by atoms with Gasteiger partial charge >= 0.3 is 0 Å². The van der Waals surface area contributed by atoms with E-state index in [2.05, 4.69) is 57.4 Å². The fourth-order valence-corrected chi connectivity index (χ4v) is 5.01. The Hall–Kier alpha value is -3.57. The number of nitrogens with zero attached hydrogens (tertiary/aromatic N) is 2. The van der Waals surface area contributed by atoms with Gasteiger partial charge in [0.15, 0.2) is 0 Å². The maximum Gasteiger partial charge on any atom is 0.255 e. The maximum absolute atomic E-state index is 13.0. The van der Waals surface area contributed by atoms with Gasteiger partial charge in [-0.2, -0.15) is 0 Å². The van der Waals surface area contributed by atoms with E-state index < -0.39 is 0 Å².